The number of amides is 1. The highest BCUT2D eigenvalue weighted by atomic mass is 32.2. The fourth-order valence-electron chi connectivity index (χ4n) is 4.81. The van der Waals surface area contributed by atoms with Crippen LogP contribution in [0.25, 0.3) is 11.0 Å². The summed E-state index contributed by atoms with van der Waals surface area (Å²) in [6.07, 6.45) is 4.69. The minimum absolute atomic E-state index is 0.00727. The molecule has 1 amide bonds. The minimum atomic E-state index is 0.00727. The van der Waals surface area contributed by atoms with Crippen molar-refractivity contribution < 1.29 is 9.53 Å². The van der Waals surface area contributed by atoms with Gasteiger partial charge in [0.15, 0.2) is 0 Å². The van der Waals surface area contributed by atoms with Crippen LogP contribution in [0.3, 0.4) is 0 Å². The molecule has 1 saturated heterocycles. The monoisotopic (exact) mass is 503 g/mol. The number of carbonyl (C=O) groups is 1. The molecular weight excluding hydrogens is 474 g/mol. The third-order valence-corrected chi connectivity index (χ3v) is 7.78. The summed E-state index contributed by atoms with van der Waals surface area (Å²) >= 11 is 1.53. The molecule has 2 aliphatic heterocycles. The van der Waals surface area contributed by atoms with E-state index in [0.29, 0.717) is 35.5 Å². The van der Waals surface area contributed by atoms with Gasteiger partial charge in [-0.15, -0.1) is 11.8 Å². The van der Waals surface area contributed by atoms with Gasteiger partial charge in [0, 0.05) is 37.5 Å². The molecule has 3 aromatic heterocycles. The molecule has 1 fully saturated rings. The first-order chi connectivity index (χ1) is 17.6. The van der Waals surface area contributed by atoms with Crippen LogP contribution in [0, 0.1) is 17.2 Å². The fraction of sp³-hybridized carbons (Fsp3) is 0.423. The first-order valence-electron chi connectivity index (χ1n) is 12.2. The number of thioether (sulfide) groups is 1. The summed E-state index contributed by atoms with van der Waals surface area (Å²) in [5.74, 6) is 2.32. The predicted octanol–water partition coefficient (Wildman–Crippen LogP) is 2.99. The third-order valence-electron chi connectivity index (χ3n) is 6.74. The minimum Gasteiger partial charge on any atom is -0.481 e. The number of fused-ring (bicyclic) bond motifs is 2. The van der Waals surface area contributed by atoms with E-state index >= 15 is 0 Å². The number of hydrogen-bond donors (Lipinski definition) is 2. The second kappa shape index (κ2) is 11.2. The van der Waals surface area contributed by atoms with Gasteiger partial charge in [-0.1, -0.05) is 0 Å². The van der Waals surface area contributed by atoms with E-state index in [4.69, 9.17) is 4.74 Å². The van der Waals surface area contributed by atoms with Crippen molar-refractivity contribution in [2.24, 2.45) is 5.92 Å². The van der Waals surface area contributed by atoms with Gasteiger partial charge in [0.05, 0.1) is 40.0 Å². The summed E-state index contributed by atoms with van der Waals surface area (Å²) in [6.45, 7) is 4.63. The van der Waals surface area contributed by atoms with E-state index in [0.717, 1.165) is 66.2 Å². The van der Waals surface area contributed by atoms with Crippen LogP contribution in [0.4, 0.5) is 5.82 Å². The Labute approximate surface area is 214 Å². The second-order valence-corrected chi connectivity index (χ2v) is 10.2. The lowest BCUT2D eigenvalue weighted by molar-refractivity contribution is -0.113. The van der Waals surface area contributed by atoms with E-state index in [1.807, 2.05) is 18.2 Å². The molecule has 0 radical (unpaired) electrons. The second-order valence-electron chi connectivity index (χ2n) is 9.14. The SMILES string of the molecule is COc1ccc2ncc(C#N)c(CCN3CC[C@@H](CCNCc4ccc5c(n4)NC(=O)CS5)C3)c2n1. The number of aromatic nitrogens is 3. The lowest BCUT2D eigenvalue weighted by Gasteiger charge is -2.17. The fourth-order valence-corrected chi connectivity index (χ4v) is 5.57. The molecule has 10 heteroatoms. The summed E-state index contributed by atoms with van der Waals surface area (Å²) in [6, 6.07) is 10.0. The van der Waals surface area contributed by atoms with Crippen LogP contribution in [0.1, 0.15) is 29.7 Å². The predicted molar refractivity (Wildman–Crippen MR) is 139 cm³/mol. The Kier molecular flexibility index (Phi) is 7.60. The van der Waals surface area contributed by atoms with Gasteiger partial charge in [0.25, 0.3) is 0 Å². The van der Waals surface area contributed by atoms with Crippen molar-refractivity contribution in [2.75, 3.05) is 44.4 Å². The number of pyridine rings is 3. The average molecular weight is 504 g/mol. The van der Waals surface area contributed by atoms with Crippen molar-refractivity contribution in [3.63, 3.8) is 0 Å². The number of ether oxygens (including phenoxy) is 1. The molecule has 0 spiro atoms. The molecule has 9 nitrogen and oxygen atoms in total. The first-order valence-corrected chi connectivity index (χ1v) is 13.2. The number of rotatable bonds is 9. The van der Waals surface area contributed by atoms with E-state index in [2.05, 4.69) is 36.6 Å². The Bertz CT molecular complexity index is 1310. The zero-order valence-electron chi connectivity index (χ0n) is 20.3. The smallest absolute Gasteiger partial charge is 0.235 e. The lowest BCUT2D eigenvalue weighted by Crippen LogP contribution is -2.25. The molecule has 3 aromatic rings. The highest BCUT2D eigenvalue weighted by molar-refractivity contribution is 8.00. The molecule has 0 bridgehead atoms. The van der Waals surface area contributed by atoms with Crippen molar-refractivity contribution in [3.05, 3.63) is 47.3 Å². The van der Waals surface area contributed by atoms with Gasteiger partial charge in [0.1, 0.15) is 11.9 Å². The number of carbonyl (C=O) groups excluding carboxylic acids is 1. The number of anilines is 1. The van der Waals surface area contributed by atoms with Gasteiger partial charge in [-0.2, -0.15) is 5.26 Å². The van der Waals surface area contributed by atoms with Crippen molar-refractivity contribution >= 4 is 34.5 Å². The largest absolute Gasteiger partial charge is 0.481 e. The van der Waals surface area contributed by atoms with Crippen LogP contribution < -0.4 is 15.4 Å². The van der Waals surface area contributed by atoms with Crippen LogP contribution in [0.2, 0.25) is 0 Å². The standard InChI is InChI=1S/C26H29N7O2S/c1-35-24-5-3-21-25(32-24)20(18(12-27)13-29-21)8-11-33-10-7-17(15-33)6-9-28-14-19-2-4-22-26(30-19)31-23(34)16-36-22/h2-5,13,17,28H,6-11,14-16H2,1H3,(H,30,31,34)/t17-/m1/s1. The van der Waals surface area contributed by atoms with Crippen LogP contribution in [-0.2, 0) is 17.8 Å². The number of nitrogens with zero attached hydrogens (tertiary/aromatic N) is 5. The van der Waals surface area contributed by atoms with Crippen LogP contribution in [0.5, 0.6) is 5.88 Å². The van der Waals surface area contributed by atoms with Gasteiger partial charge in [-0.3, -0.25) is 9.78 Å². The maximum absolute atomic E-state index is 11.6. The molecular formula is C26H29N7O2S. The highest BCUT2D eigenvalue weighted by Gasteiger charge is 2.23. The normalized spacial score (nSPS) is 17.6. The van der Waals surface area contributed by atoms with Gasteiger partial charge in [-0.05, 0) is 56.5 Å². The lowest BCUT2D eigenvalue weighted by atomic mass is 10.0. The summed E-state index contributed by atoms with van der Waals surface area (Å²) in [5, 5.41) is 16.0. The molecule has 2 N–H and O–H groups in total. The molecule has 1 atom stereocenters. The Morgan fingerprint density at radius 2 is 2.22 bits per heavy atom. The Balaban J connectivity index is 1.10. The van der Waals surface area contributed by atoms with Crippen molar-refractivity contribution in [1.82, 2.24) is 25.2 Å². The number of methoxy groups -OCH3 is 1. The molecule has 0 saturated carbocycles. The van der Waals surface area contributed by atoms with Gasteiger partial charge in [0.2, 0.25) is 11.8 Å². The maximum atomic E-state index is 11.6. The molecule has 0 unspecified atom stereocenters. The van der Waals surface area contributed by atoms with E-state index in [1.54, 1.807) is 19.4 Å². The summed E-state index contributed by atoms with van der Waals surface area (Å²) in [7, 11) is 1.59. The summed E-state index contributed by atoms with van der Waals surface area (Å²) < 4.78 is 5.29. The zero-order valence-corrected chi connectivity index (χ0v) is 21.1. The quantitative estimate of drug-likeness (QED) is 0.425. The van der Waals surface area contributed by atoms with Crippen LogP contribution in [0.15, 0.2) is 35.4 Å². The van der Waals surface area contributed by atoms with E-state index < -0.39 is 0 Å². The van der Waals surface area contributed by atoms with E-state index in [1.165, 1.54) is 18.2 Å². The van der Waals surface area contributed by atoms with Gasteiger partial charge < -0.3 is 20.3 Å². The number of hydrogen-bond acceptors (Lipinski definition) is 9. The topological polar surface area (TPSA) is 116 Å². The molecule has 36 heavy (non-hydrogen) atoms. The Morgan fingerprint density at radius 1 is 1.31 bits per heavy atom. The van der Waals surface area contributed by atoms with E-state index in [9.17, 15) is 10.1 Å². The molecule has 5 rings (SSSR count). The van der Waals surface area contributed by atoms with Crippen molar-refractivity contribution in [1.29, 1.82) is 5.26 Å². The number of likely N-dealkylation sites (tertiary alicyclic amines) is 1. The zero-order chi connectivity index (χ0) is 24.9. The van der Waals surface area contributed by atoms with Crippen LogP contribution >= 0.6 is 11.8 Å². The highest BCUT2D eigenvalue weighted by Crippen LogP contribution is 2.29. The third kappa shape index (κ3) is 5.59. The van der Waals surface area contributed by atoms with Crippen molar-refractivity contribution in [2.45, 2.75) is 30.7 Å². The summed E-state index contributed by atoms with van der Waals surface area (Å²) in [5.41, 5.74) is 4.00. The molecule has 186 valence electrons. The molecule has 0 aliphatic carbocycles. The van der Waals surface area contributed by atoms with Crippen molar-refractivity contribution in [3.8, 4) is 11.9 Å². The number of nitriles is 1. The van der Waals surface area contributed by atoms with Gasteiger partial charge in [-0.25, -0.2) is 9.97 Å². The number of nitrogens with one attached hydrogen (secondary N) is 2. The Hall–Kier alpha value is -3.26. The molecule has 5 heterocycles. The summed E-state index contributed by atoms with van der Waals surface area (Å²) in [4.78, 5) is 28.6. The Morgan fingerprint density at radius 3 is 3.08 bits per heavy atom. The van der Waals surface area contributed by atoms with Gasteiger partial charge >= 0.3 is 0 Å². The molecule has 2 aliphatic rings. The van der Waals surface area contributed by atoms with Crippen LogP contribution in [-0.4, -0.2) is 64.8 Å². The first kappa shape index (κ1) is 24.4. The van der Waals surface area contributed by atoms with E-state index in [-0.39, 0.29) is 5.91 Å². The molecule has 0 aromatic carbocycles. The average Bonchev–Trinajstić information content (AvgIpc) is 3.36. The maximum Gasteiger partial charge on any atom is 0.235 e.